The number of carbonyl (C=O) groups excluding carboxylic acids is 1. The van der Waals surface area contributed by atoms with Crippen molar-refractivity contribution in [1.82, 2.24) is 0 Å². The van der Waals surface area contributed by atoms with Crippen LogP contribution in [-0.4, -0.2) is 6.29 Å². The molecule has 0 N–H and O–H groups in total. The second kappa shape index (κ2) is 5.24. The predicted molar refractivity (Wildman–Crippen MR) is 64.3 cm³/mol. The van der Waals surface area contributed by atoms with Crippen molar-refractivity contribution in [2.24, 2.45) is 0 Å². The summed E-state index contributed by atoms with van der Waals surface area (Å²) >= 11 is 0. The minimum absolute atomic E-state index is 0.0295. The van der Waals surface area contributed by atoms with Crippen molar-refractivity contribution in [3.63, 3.8) is 0 Å². The van der Waals surface area contributed by atoms with Gasteiger partial charge in [0.25, 0.3) is 0 Å². The highest BCUT2D eigenvalue weighted by atomic mass is 19.1. The molecule has 2 heteroatoms. The van der Waals surface area contributed by atoms with Gasteiger partial charge in [0.1, 0.15) is 5.82 Å². The molecule has 0 radical (unpaired) electrons. The maximum atomic E-state index is 13.5. The molecule has 0 saturated carbocycles. The molecule has 0 amide bonds. The van der Waals surface area contributed by atoms with E-state index < -0.39 is 5.82 Å². The number of benzene rings is 1. The van der Waals surface area contributed by atoms with Crippen molar-refractivity contribution in [1.29, 1.82) is 0 Å². The van der Waals surface area contributed by atoms with Crippen LogP contribution in [0.3, 0.4) is 0 Å². The van der Waals surface area contributed by atoms with Crippen LogP contribution in [0.25, 0.3) is 0 Å². The Labute approximate surface area is 96.7 Å². The Morgan fingerprint density at radius 3 is 2.56 bits per heavy atom. The van der Waals surface area contributed by atoms with Gasteiger partial charge in [0, 0.05) is 0 Å². The summed E-state index contributed by atoms with van der Waals surface area (Å²) in [5.74, 6) is -0.419. The van der Waals surface area contributed by atoms with Crippen LogP contribution in [0.2, 0.25) is 0 Å². The van der Waals surface area contributed by atoms with Crippen LogP contribution in [0.15, 0.2) is 18.2 Å². The molecule has 0 atom stereocenters. The first-order valence-corrected chi connectivity index (χ1v) is 5.76. The molecule has 0 fully saturated rings. The third-order valence-corrected chi connectivity index (χ3v) is 3.06. The molecular formula is C14H19FO. The lowest BCUT2D eigenvalue weighted by Gasteiger charge is -2.25. The highest BCUT2D eigenvalue weighted by molar-refractivity contribution is 5.75. The van der Waals surface area contributed by atoms with Gasteiger partial charge < -0.3 is 0 Å². The molecular weight excluding hydrogens is 203 g/mol. The van der Waals surface area contributed by atoms with Gasteiger partial charge in [0.15, 0.2) is 6.29 Å². The Morgan fingerprint density at radius 2 is 2.06 bits per heavy atom. The number of rotatable bonds is 5. The minimum atomic E-state index is -0.419. The Bertz CT molecular complexity index is 369. The van der Waals surface area contributed by atoms with Crippen molar-refractivity contribution in [2.75, 3.05) is 0 Å². The van der Waals surface area contributed by atoms with E-state index in [1.165, 1.54) is 6.07 Å². The van der Waals surface area contributed by atoms with E-state index in [9.17, 15) is 9.18 Å². The van der Waals surface area contributed by atoms with Gasteiger partial charge >= 0.3 is 0 Å². The maximum Gasteiger partial charge on any atom is 0.152 e. The average Bonchev–Trinajstić information content (AvgIpc) is 2.26. The second-order valence-corrected chi connectivity index (χ2v) is 4.84. The normalized spacial score (nSPS) is 11.5. The highest BCUT2D eigenvalue weighted by Gasteiger charge is 2.20. The van der Waals surface area contributed by atoms with E-state index in [1.54, 1.807) is 6.07 Å². The second-order valence-electron chi connectivity index (χ2n) is 4.84. The molecule has 88 valence electrons. The molecule has 0 aliphatic carbocycles. The van der Waals surface area contributed by atoms with E-state index in [1.807, 2.05) is 6.07 Å². The molecule has 0 spiro atoms. The fraction of sp³-hybridized carbons (Fsp3) is 0.500. The number of unbranched alkanes of at least 4 members (excludes halogenated alkanes) is 1. The molecule has 1 aromatic rings. The number of halogens is 1. The van der Waals surface area contributed by atoms with Crippen molar-refractivity contribution < 1.29 is 9.18 Å². The van der Waals surface area contributed by atoms with E-state index in [0.717, 1.165) is 24.8 Å². The average molecular weight is 222 g/mol. The highest BCUT2D eigenvalue weighted by Crippen LogP contribution is 2.29. The summed E-state index contributed by atoms with van der Waals surface area (Å²) in [6, 6.07) is 4.90. The third-order valence-electron chi connectivity index (χ3n) is 3.06. The first-order valence-electron chi connectivity index (χ1n) is 5.76. The quantitative estimate of drug-likeness (QED) is 0.685. The summed E-state index contributed by atoms with van der Waals surface area (Å²) in [6.07, 6.45) is 3.85. The minimum Gasteiger partial charge on any atom is -0.298 e. The first-order chi connectivity index (χ1) is 7.51. The van der Waals surface area contributed by atoms with Crippen LogP contribution >= 0.6 is 0 Å². The van der Waals surface area contributed by atoms with E-state index in [2.05, 4.69) is 20.8 Å². The first kappa shape index (κ1) is 12.9. The summed E-state index contributed by atoms with van der Waals surface area (Å²) in [4.78, 5) is 10.5. The fourth-order valence-electron chi connectivity index (χ4n) is 1.81. The zero-order valence-corrected chi connectivity index (χ0v) is 10.2. The van der Waals surface area contributed by atoms with Crippen LogP contribution in [-0.2, 0) is 5.41 Å². The summed E-state index contributed by atoms with van der Waals surface area (Å²) in [6.45, 7) is 6.36. The van der Waals surface area contributed by atoms with Gasteiger partial charge in [-0.25, -0.2) is 4.39 Å². The zero-order valence-electron chi connectivity index (χ0n) is 10.2. The largest absolute Gasteiger partial charge is 0.298 e. The molecule has 16 heavy (non-hydrogen) atoms. The lowest BCUT2D eigenvalue weighted by Crippen LogP contribution is -2.17. The summed E-state index contributed by atoms with van der Waals surface area (Å²) in [5.41, 5.74) is 1.07. The number of carbonyl (C=O) groups is 1. The van der Waals surface area contributed by atoms with Crippen molar-refractivity contribution in [3.05, 3.63) is 35.1 Å². The molecule has 0 heterocycles. The number of hydrogen-bond donors (Lipinski definition) is 0. The van der Waals surface area contributed by atoms with Crippen molar-refractivity contribution >= 4 is 6.29 Å². The van der Waals surface area contributed by atoms with Crippen LogP contribution in [0.1, 0.15) is 56.0 Å². The molecule has 0 aromatic heterocycles. The van der Waals surface area contributed by atoms with Gasteiger partial charge in [-0.1, -0.05) is 39.7 Å². The summed E-state index contributed by atoms with van der Waals surface area (Å²) in [7, 11) is 0. The molecule has 0 aliphatic rings. The molecule has 0 unspecified atom stereocenters. The van der Waals surface area contributed by atoms with Crippen LogP contribution < -0.4 is 0 Å². The van der Waals surface area contributed by atoms with Crippen molar-refractivity contribution in [3.8, 4) is 0 Å². The lowest BCUT2D eigenvalue weighted by atomic mass is 9.80. The van der Waals surface area contributed by atoms with Gasteiger partial charge in [-0.3, -0.25) is 4.79 Å². The van der Waals surface area contributed by atoms with Gasteiger partial charge in [0.05, 0.1) is 5.56 Å². The fourth-order valence-corrected chi connectivity index (χ4v) is 1.81. The number of aldehydes is 1. The van der Waals surface area contributed by atoms with Crippen molar-refractivity contribution in [2.45, 2.75) is 45.4 Å². The Kier molecular flexibility index (Phi) is 4.22. The van der Waals surface area contributed by atoms with Gasteiger partial charge in [0.2, 0.25) is 0 Å². The smallest absolute Gasteiger partial charge is 0.152 e. The van der Waals surface area contributed by atoms with E-state index >= 15 is 0 Å². The molecule has 1 nitrogen and oxygen atoms in total. The van der Waals surface area contributed by atoms with E-state index in [0.29, 0.717) is 6.29 Å². The predicted octanol–water partition coefficient (Wildman–Crippen LogP) is 4.11. The van der Waals surface area contributed by atoms with E-state index in [-0.39, 0.29) is 11.0 Å². The van der Waals surface area contributed by atoms with Crippen LogP contribution in [0.5, 0.6) is 0 Å². The standard InChI is InChI=1S/C14H19FO/c1-4-5-8-14(2,3)12-7-6-11(10-16)13(15)9-12/h6-7,9-10H,4-5,8H2,1-3H3. The summed E-state index contributed by atoms with van der Waals surface area (Å²) < 4.78 is 13.5. The monoisotopic (exact) mass is 222 g/mol. The van der Waals surface area contributed by atoms with Crippen LogP contribution in [0, 0.1) is 5.82 Å². The molecule has 1 aromatic carbocycles. The molecule has 0 aliphatic heterocycles. The Balaban J connectivity index is 2.95. The Morgan fingerprint density at radius 1 is 1.38 bits per heavy atom. The van der Waals surface area contributed by atoms with Gasteiger partial charge in [-0.15, -0.1) is 0 Å². The molecule has 0 bridgehead atoms. The van der Waals surface area contributed by atoms with Crippen LogP contribution in [0.4, 0.5) is 4.39 Å². The van der Waals surface area contributed by atoms with E-state index in [4.69, 9.17) is 0 Å². The zero-order chi connectivity index (χ0) is 12.2. The van der Waals surface area contributed by atoms with Gasteiger partial charge in [-0.05, 0) is 29.5 Å². The maximum absolute atomic E-state index is 13.5. The molecule has 1 rings (SSSR count). The third kappa shape index (κ3) is 2.91. The molecule has 0 saturated heterocycles. The SMILES string of the molecule is CCCCC(C)(C)c1ccc(C=O)c(F)c1. The topological polar surface area (TPSA) is 17.1 Å². The summed E-state index contributed by atoms with van der Waals surface area (Å²) in [5, 5.41) is 0. The lowest BCUT2D eigenvalue weighted by molar-refractivity contribution is 0.111. The van der Waals surface area contributed by atoms with Gasteiger partial charge in [-0.2, -0.15) is 0 Å². The Hall–Kier alpha value is -1.18. The number of hydrogen-bond acceptors (Lipinski definition) is 1.